The van der Waals surface area contributed by atoms with Crippen molar-refractivity contribution in [3.63, 3.8) is 0 Å². The molecule has 2 saturated heterocycles. The lowest BCUT2D eigenvalue weighted by Gasteiger charge is -2.37. The van der Waals surface area contributed by atoms with E-state index < -0.39 is 5.79 Å². The summed E-state index contributed by atoms with van der Waals surface area (Å²) in [6, 6.07) is 11.1. The summed E-state index contributed by atoms with van der Waals surface area (Å²) in [5, 5.41) is 11.5. The Hall–Kier alpha value is -2.71. The molecule has 1 amide bonds. The number of hydrogen-bond donors (Lipinski definition) is 1. The number of carbonyl (C=O) groups excluding carboxylic acids is 1. The van der Waals surface area contributed by atoms with Gasteiger partial charge in [0.05, 0.1) is 25.0 Å². The number of benzene rings is 1. The first-order valence-electron chi connectivity index (χ1n) is 9.98. The molecule has 8 heteroatoms. The van der Waals surface area contributed by atoms with Crippen molar-refractivity contribution in [3.8, 4) is 5.75 Å². The quantitative estimate of drug-likeness (QED) is 0.829. The summed E-state index contributed by atoms with van der Waals surface area (Å²) in [6.07, 6.45) is 1.42. The van der Waals surface area contributed by atoms with E-state index >= 15 is 0 Å². The Bertz CT molecular complexity index is 840. The van der Waals surface area contributed by atoms with Crippen LogP contribution in [-0.4, -0.2) is 59.2 Å². The molecule has 154 valence electrons. The third-order valence-electron chi connectivity index (χ3n) is 5.02. The highest BCUT2D eigenvalue weighted by atomic mass is 16.7. The molecule has 2 aliphatic heterocycles. The number of rotatable bonds is 5. The van der Waals surface area contributed by atoms with Crippen molar-refractivity contribution < 1.29 is 19.0 Å². The van der Waals surface area contributed by atoms with Gasteiger partial charge >= 0.3 is 0 Å². The normalized spacial score (nSPS) is 18.2. The summed E-state index contributed by atoms with van der Waals surface area (Å²) in [5.74, 6) is 0.664. The van der Waals surface area contributed by atoms with Crippen molar-refractivity contribution in [3.05, 3.63) is 42.1 Å². The minimum Gasteiger partial charge on any atom is -0.489 e. The first kappa shape index (κ1) is 19.6. The van der Waals surface area contributed by atoms with Crippen LogP contribution in [0.5, 0.6) is 5.75 Å². The smallest absolute Gasteiger partial charge is 0.274 e. The number of ether oxygens (including phenoxy) is 3. The Morgan fingerprint density at radius 3 is 2.48 bits per heavy atom. The average molecular weight is 398 g/mol. The second-order valence-corrected chi connectivity index (χ2v) is 7.49. The largest absolute Gasteiger partial charge is 0.489 e. The van der Waals surface area contributed by atoms with E-state index in [1.54, 1.807) is 17.0 Å². The highest BCUT2D eigenvalue weighted by molar-refractivity contribution is 5.92. The molecule has 8 nitrogen and oxygen atoms in total. The molecule has 2 aliphatic rings. The Labute approximate surface area is 170 Å². The first-order chi connectivity index (χ1) is 14.0. The summed E-state index contributed by atoms with van der Waals surface area (Å²) in [7, 11) is 0. The molecular weight excluding hydrogens is 372 g/mol. The number of nitrogens with one attached hydrogen (secondary N) is 1. The van der Waals surface area contributed by atoms with E-state index in [1.165, 1.54) is 0 Å². The maximum Gasteiger partial charge on any atom is 0.274 e. The van der Waals surface area contributed by atoms with Gasteiger partial charge in [0.15, 0.2) is 17.3 Å². The van der Waals surface area contributed by atoms with Gasteiger partial charge in [0.1, 0.15) is 5.75 Å². The lowest BCUT2D eigenvalue weighted by molar-refractivity contribution is -0.181. The molecule has 0 atom stereocenters. The Balaban J connectivity index is 1.39. The summed E-state index contributed by atoms with van der Waals surface area (Å²) < 4.78 is 17.2. The van der Waals surface area contributed by atoms with Gasteiger partial charge < -0.3 is 24.4 Å². The van der Waals surface area contributed by atoms with Crippen molar-refractivity contribution in [2.24, 2.45) is 0 Å². The van der Waals surface area contributed by atoms with Crippen LogP contribution in [0.4, 0.5) is 11.5 Å². The molecular formula is C21H26N4O4. The molecule has 0 radical (unpaired) electrons. The van der Waals surface area contributed by atoms with Crippen LogP contribution in [0, 0.1) is 0 Å². The summed E-state index contributed by atoms with van der Waals surface area (Å²) in [6.45, 7) is 6.37. The van der Waals surface area contributed by atoms with Gasteiger partial charge in [-0.15, -0.1) is 10.2 Å². The zero-order chi connectivity index (χ0) is 20.3. The van der Waals surface area contributed by atoms with Gasteiger partial charge in [-0.05, 0) is 38.1 Å². The fourth-order valence-electron chi connectivity index (χ4n) is 3.58. The number of anilines is 2. The predicted molar refractivity (Wildman–Crippen MR) is 107 cm³/mol. The fourth-order valence-corrected chi connectivity index (χ4v) is 3.58. The van der Waals surface area contributed by atoms with Gasteiger partial charge in [0.25, 0.3) is 5.91 Å². The van der Waals surface area contributed by atoms with E-state index in [-0.39, 0.29) is 12.0 Å². The van der Waals surface area contributed by atoms with E-state index in [2.05, 4.69) is 15.5 Å². The number of piperidine rings is 1. The Morgan fingerprint density at radius 1 is 1.10 bits per heavy atom. The molecule has 1 aromatic heterocycles. The molecule has 4 rings (SSSR count). The van der Waals surface area contributed by atoms with Crippen LogP contribution in [0.15, 0.2) is 36.4 Å². The van der Waals surface area contributed by atoms with E-state index in [9.17, 15) is 4.79 Å². The molecule has 0 unspecified atom stereocenters. The molecule has 0 aliphatic carbocycles. The van der Waals surface area contributed by atoms with Crippen LogP contribution >= 0.6 is 0 Å². The van der Waals surface area contributed by atoms with Gasteiger partial charge in [0, 0.05) is 25.9 Å². The molecule has 29 heavy (non-hydrogen) atoms. The summed E-state index contributed by atoms with van der Waals surface area (Å²) in [5.41, 5.74) is 1.12. The third kappa shape index (κ3) is 4.49. The zero-order valence-electron chi connectivity index (χ0n) is 16.8. The maximum absolute atomic E-state index is 12.7. The minimum absolute atomic E-state index is 0.0627. The molecule has 2 aromatic rings. The van der Waals surface area contributed by atoms with E-state index in [0.29, 0.717) is 50.7 Å². The second kappa shape index (κ2) is 8.34. The van der Waals surface area contributed by atoms with E-state index in [1.807, 2.05) is 38.1 Å². The molecule has 1 N–H and O–H groups in total. The number of para-hydroxylation sites is 2. The van der Waals surface area contributed by atoms with Crippen molar-refractivity contribution >= 4 is 17.4 Å². The topological polar surface area (TPSA) is 85.8 Å². The van der Waals surface area contributed by atoms with Crippen LogP contribution < -0.4 is 10.1 Å². The maximum atomic E-state index is 12.7. The number of aromatic nitrogens is 2. The van der Waals surface area contributed by atoms with Crippen LogP contribution in [-0.2, 0) is 9.47 Å². The lowest BCUT2D eigenvalue weighted by atomic mass is 10.0. The Morgan fingerprint density at radius 2 is 1.83 bits per heavy atom. The van der Waals surface area contributed by atoms with Crippen LogP contribution in [0.25, 0.3) is 0 Å². The molecule has 0 saturated carbocycles. The highest BCUT2D eigenvalue weighted by Crippen LogP contribution is 2.32. The standard InChI is InChI=1S/C21H26N4O4/c1-15(2)29-18-6-4-3-5-16(18)22-19-8-7-17(23-24-19)20(26)25-11-9-21(10-12-25)27-13-14-28-21/h3-8,15H,9-14H2,1-2H3,(H,22,24). The average Bonchev–Trinajstić information content (AvgIpc) is 3.18. The molecule has 3 heterocycles. The van der Waals surface area contributed by atoms with Gasteiger partial charge in [-0.2, -0.15) is 0 Å². The van der Waals surface area contributed by atoms with Crippen molar-refractivity contribution in [2.45, 2.75) is 38.6 Å². The minimum atomic E-state index is -0.498. The molecule has 1 spiro atoms. The van der Waals surface area contributed by atoms with E-state index in [4.69, 9.17) is 14.2 Å². The van der Waals surface area contributed by atoms with Crippen LogP contribution in [0.3, 0.4) is 0 Å². The highest BCUT2D eigenvalue weighted by Gasteiger charge is 2.41. The monoisotopic (exact) mass is 398 g/mol. The number of amides is 1. The fraction of sp³-hybridized carbons (Fsp3) is 0.476. The SMILES string of the molecule is CC(C)Oc1ccccc1Nc1ccc(C(=O)N2CCC3(CC2)OCCO3)nn1. The predicted octanol–water partition coefficient (Wildman–Crippen LogP) is 2.99. The zero-order valence-corrected chi connectivity index (χ0v) is 16.8. The van der Waals surface area contributed by atoms with Gasteiger partial charge in [-0.25, -0.2) is 0 Å². The first-order valence-corrected chi connectivity index (χ1v) is 9.98. The molecule has 1 aromatic carbocycles. The molecule has 0 bridgehead atoms. The number of nitrogens with zero attached hydrogens (tertiary/aromatic N) is 3. The number of carbonyl (C=O) groups is 1. The van der Waals surface area contributed by atoms with Crippen LogP contribution in [0.2, 0.25) is 0 Å². The third-order valence-corrected chi connectivity index (χ3v) is 5.02. The van der Waals surface area contributed by atoms with Crippen molar-refractivity contribution in [1.82, 2.24) is 15.1 Å². The summed E-state index contributed by atoms with van der Waals surface area (Å²) >= 11 is 0. The van der Waals surface area contributed by atoms with E-state index in [0.717, 1.165) is 11.4 Å². The lowest BCUT2D eigenvalue weighted by Crippen LogP contribution is -2.47. The van der Waals surface area contributed by atoms with Gasteiger partial charge in [-0.3, -0.25) is 4.79 Å². The van der Waals surface area contributed by atoms with Crippen molar-refractivity contribution in [1.29, 1.82) is 0 Å². The summed E-state index contributed by atoms with van der Waals surface area (Å²) in [4.78, 5) is 14.5. The Kier molecular flexibility index (Phi) is 5.64. The number of likely N-dealkylation sites (tertiary alicyclic amines) is 1. The second-order valence-electron chi connectivity index (χ2n) is 7.49. The van der Waals surface area contributed by atoms with Crippen molar-refractivity contribution in [2.75, 3.05) is 31.6 Å². The van der Waals surface area contributed by atoms with Gasteiger partial charge in [0.2, 0.25) is 0 Å². The number of hydrogen-bond acceptors (Lipinski definition) is 7. The molecule has 2 fully saturated rings. The van der Waals surface area contributed by atoms with Crippen LogP contribution in [0.1, 0.15) is 37.2 Å². The van der Waals surface area contributed by atoms with Gasteiger partial charge in [-0.1, -0.05) is 12.1 Å².